The Labute approximate surface area is 79.2 Å². The van der Waals surface area contributed by atoms with Gasteiger partial charge in [0.25, 0.3) is 0 Å². The van der Waals surface area contributed by atoms with Crippen molar-refractivity contribution in [1.82, 2.24) is 4.89 Å². The van der Waals surface area contributed by atoms with Crippen molar-refractivity contribution in [2.24, 2.45) is 0 Å². The predicted octanol–water partition coefficient (Wildman–Crippen LogP) is 1.04. The highest BCUT2D eigenvalue weighted by Gasteiger charge is 2.46. The Hall–Kier alpha value is -1.05. The minimum Gasteiger partial charge on any atom is -0.302 e. The molecule has 4 nitrogen and oxygen atoms in total. The van der Waals surface area contributed by atoms with Gasteiger partial charge in [-0.3, -0.25) is 0 Å². The quantitative estimate of drug-likeness (QED) is 0.752. The molecule has 7 heteroatoms. The summed E-state index contributed by atoms with van der Waals surface area (Å²) < 4.78 is 47.7. The number of nitrogens with one attached hydrogen (secondary N) is 1. The second-order valence-corrected chi connectivity index (χ2v) is 4.18. The second kappa shape index (κ2) is 3.60. The number of alkyl halides is 2. The van der Waals surface area contributed by atoms with Gasteiger partial charge in [0.2, 0.25) is 0 Å². The van der Waals surface area contributed by atoms with E-state index in [1.54, 1.807) is 0 Å². The fraction of sp³-hybridized carbons (Fsp3) is 0.143. The minimum absolute atomic E-state index is 0.602. The summed E-state index contributed by atoms with van der Waals surface area (Å²) in [5.74, 6) is 0. The van der Waals surface area contributed by atoms with E-state index in [0.29, 0.717) is 4.89 Å². The van der Waals surface area contributed by atoms with Gasteiger partial charge in [0.1, 0.15) is 0 Å². The molecule has 1 aromatic rings. The van der Waals surface area contributed by atoms with Gasteiger partial charge in [0.05, 0.1) is 0 Å². The number of benzene rings is 1. The normalized spacial score (nSPS) is 12.8. The van der Waals surface area contributed by atoms with Gasteiger partial charge in [0, 0.05) is 5.56 Å². The molecule has 0 aliphatic heterocycles. The molecule has 0 radical (unpaired) electrons. The number of hydrogen-bond donors (Lipinski definition) is 2. The molecular weight excluding hydrogens is 216 g/mol. The van der Waals surface area contributed by atoms with Gasteiger partial charge < -0.3 is 5.21 Å². The summed E-state index contributed by atoms with van der Waals surface area (Å²) in [6.07, 6.45) is 0. The van der Waals surface area contributed by atoms with Gasteiger partial charge in [-0.1, -0.05) is 35.2 Å². The van der Waals surface area contributed by atoms with Crippen molar-refractivity contribution in [3.8, 4) is 0 Å². The van der Waals surface area contributed by atoms with Crippen molar-refractivity contribution in [1.29, 1.82) is 0 Å². The molecular formula is C7H7F2NO3S. The van der Waals surface area contributed by atoms with Crippen LogP contribution >= 0.6 is 0 Å². The largest absolute Gasteiger partial charge is 0.386 e. The van der Waals surface area contributed by atoms with Crippen LogP contribution in [0.25, 0.3) is 0 Å². The van der Waals surface area contributed by atoms with Gasteiger partial charge >= 0.3 is 15.3 Å². The summed E-state index contributed by atoms with van der Waals surface area (Å²) in [4.78, 5) is 0.602. The van der Waals surface area contributed by atoms with E-state index in [1.165, 1.54) is 18.2 Å². The molecule has 0 atom stereocenters. The maximum absolute atomic E-state index is 13.1. The Morgan fingerprint density at radius 2 is 1.71 bits per heavy atom. The molecule has 0 unspecified atom stereocenters. The zero-order valence-electron chi connectivity index (χ0n) is 6.81. The van der Waals surface area contributed by atoms with Crippen molar-refractivity contribution in [3.63, 3.8) is 0 Å². The first-order valence-electron chi connectivity index (χ1n) is 3.50. The van der Waals surface area contributed by atoms with E-state index in [1.807, 2.05) is 0 Å². The van der Waals surface area contributed by atoms with Crippen LogP contribution in [0.1, 0.15) is 5.56 Å². The van der Waals surface area contributed by atoms with Crippen molar-refractivity contribution in [3.05, 3.63) is 35.9 Å². The molecule has 0 amide bonds. The van der Waals surface area contributed by atoms with Crippen LogP contribution in [0.15, 0.2) is 30.3 Å². The van der Waals surface area contributed by atoms with Crippen molar-refractivity contribution < 1.29 is 22.4 Å². The SMILES string of the molecule is O=S(=O)(NO)C(F)(F)c1ccccc1. The van der Waals surface area contributed by atoms with Crippen molar-refractivity contribution in [2.45, 2.75) is 5.25 Å². The summed E-state index contributed by atoms with van der Waals surface area (Å²) in [6.45, 7) is 0. The maximum Gasteiger partial charge on any atom is 0.386 e. The van der Waals surface area contributed by atoms with Crippen LogP contribution < -0.4 is 4.89 Å². The number of halogens is 2. The third-order valence-electron chi connectivity index (χ3n) is 1.57. The van der Waals surface area contributed by atoms with Crippen molar-refractivity contribution >= 4 is 10.0 Å². The molecule has 0 bridgehead atoms. The third-order valence-corrected chi connectivity index (χ3v) is 2.72. The van der Waals surface area contributed by atoms with E-state index in [-0.39, 0.29) is 0 Å². The number of hydrogen-bond acceptors (Lipinski definition) is 3. The molecule has 0 aromatic heterocycles. The predicted molar refractivity (Wildman–Crippen MR) is 44.2 cm³/mol. The third kappa shape index (κ3) is 1.74. The van der Waals surface area contributed by atoms with E-state index < -0.39 is 20.8 Å². The zero-order valence-corrected chi connectivity index (χ0v) is 7.63. The molecule has 0 saturated heterocycles. The molecule has 0 aliphatic rings. The van der Waals surface area contributed by atoms with Gasteiger partial charge in [-0.05, 0) is 0 Å². The molecule has 2 N–H and O–H groups in total. The first kappa shape index (κ1) is 11.0. The molecule has 1 aromatic carbocycles. The summed E-state index contributed by atoms with van der Waals surface area (Å²) in [5.41, 5.74) is -0.707. The Balaban J connectivity index is 3.22. The van der Waals surface area contributed by atoms with Crippen LogP contribution in [0.5, 0.6) is 0 Å². The first-order valence-corrected chi connectivity index (χ1v) is 4.99. The van der Waals surface area contributed by atoms with Crippen LogP contribution in [-0.4, -0.2) is 13.6 Å². The van der Waals surface area contributed by atoms with E-state index in [0.717, 1.165) is 12.1 Å². The molecule has 0 aliphatic carbocycles. The Morgan fingerprint density at radius 3 is 2.14 bits per heavy atom. The average molecular weight is 223 g/mol. The molecule has 14 heavy (non-hydrogen) atoms. The molecule has 1 rings (SSSR count). The van der Waals surface area contributed by atoms with Gasteiger partial charge in [-0.15, -0.1) is 0 Å². The summed E-state index contributed by atoms with van der Waals surface area (Å²) in [7, 11) is -5.08. The van der Waals surface area contributed by atoms with Crippen LogP contribution in [0, 0.1) is 0 Å². The molecule has 78 valence electrons. The lowest BCUT2D eigenvalue weighted by Crippen LogP contribution is -2.35. The Kier molecular flexibility index (Phi) is 2.84. The van der Waals surface area contributed by atoms with E-state index in [9.17, 15) is 17.2 Å². The lowest BCUT2D eigenvalue weighted by molar-refractivity contribution is 0.0794. The smallest absolute Gasteiger partial charge is 0.302 e. The summed E-state index contributed by atoms with van der Waals surface area (Å²) in [5, 5.41) is 3.92. The second-order valence-electron chi connectivity index (χ2n) is 2.48. The van der Waals surface area contributed by atoms with Crippen LogP contribution in [-0.2, 0) is 15.3 Å². The van der Waals surface area contributed by atoms with E-state index in [4.69, 9.17) is 5.21 Å². The number of rotatable bonds is 3. The Morgan fingerprint density at radius 1 is 1.21 bits per heavy atom. The number of sulfonamides is 1. The van der Waals surface area contributed by atoms with Crippen molar-refractivity contribution in [2.75, 3.05) is 0 Å². The van der Waals surface area contributed by atoms with Gasteiger partial charge in [-0.25, -0.2) is 8.42 Å². The lowest BCUT2D eigenvalue weighted by atomic mass is 10.2. The Bertz CT molecular complexity index is 404. The maximum atomic E-state index is 13.1. The van der Waals surface area contributed by atoms with E-state index >= 15 is 0 Å². The zero-order chi connectivity index (χ0) is 10.8. The van der Waals surface area contributed by atoms with Crippen LogP contribution in [0.3, 0.4) is 0 Å². The highest BCUT2D eigenvalue weighted by molar-refractivity contribution is 7.89. The van der Waals surface area contributed by atoms with Gasteiger partial charge in [0.15, 0.2) is 0 Å². The lowest BCUT2D eigenvalue weighted by Gasteiger charge is -2.15. The molecule has 0 saturated carbocycles. The summed E-state index contributed by atoms with van der Waals surface area (Å²) in [6, 6.07) is 5.93. The standard InChI is InChI=1S/C7H7F2NO3S/c8-7(9,14(12,13)10-11)6-4-2-1-3-5-6/h1-5,10-11H. The average Bonchev–Trinajstić information content (AvgIpc) is 2.19. The fourth-order valence-electron chi connectivity index (χ4n) is 0.845. The minimum atomic E-state index is -5.08. The fourth-order valence-corrected chi connectivity index (χ4v) is 1.41. The monoisotopic (exact) mass is 223 g/mol. The van der Waals surface area contributed by atoms with Crippen LogP contribution in [0.2, 0.25) is 0 Å². The molecule has 0 fully saturated rings. The van der Waals surface area contributed by atoms with E-state index in [2.05, 4.69) is 0 Å². The highest BCUT2D eigenvalue weighted by atomic mass is 32.2. The summed E-state index contributed by atoms with van der Waals surface area (Å²) >= 11 is 0. The first-order chi connectivity index (χ1) is 6.42. The highest BCUT2D eigenvalue weighted by Crippen LogP contribution is 2.32. The topological polar surface area (TPSA) is 66.4 Å². The molecule has 0 heterocycles. The molecule has 0 spiro atoms. The van der Waals surface area contributed by atoms with Gasteiger partial charge in [-0.2, -0.15) is 8.78 Å². The van der Waals surface area contributed by atoms with Crippen LogP contribution in [0.4, 0.5) is 8.78 Å².